The third kappa shape index (κ3) is 2.17. The van der Waals surface area contributed by atoms with Gasteiger partial charge in [-0.15, -0.1) is 0 Å². The number of fused-ring (bicyclic) bond motifs is 1. The van der Waals surface area contributed by atoms with Gasteiger partial charge in [0.25, 0.3) is 0 Å². The maximum absolute atomic E-state index is 12.7. The third-order valence-corrected chi connectivity index (χ3v) is 4.08. The van der Waals surface area contributed by atoms with Crippen LogP contribution in [0.25, 0.3) is 27.5 Å². The summed E-state index contributed by atoms with van der Waals surface area (Å²) < 4.78 is 1.01. The van der Waals surface area contributed by atoms with Gasteiger partial charge in [-0.25, -0.2) is 0 Å². The van der Waals surface area contributed by atoms with Crippen LogP contribution in [-0.4, -0.2) is 0 Å². The highest BCUT2D eigenvalue weighted by Crippen LogP contribution is 2.34. The molecule has 110 valence electrons. The molecule has 2 aromatic carbocycles. The first-order valence-electron chi connectivity index (χ1n) is 7.38. The summed E-state index contributed by atoms with van der Waals surface area (Å²) in [6.07, 6.45) is 0. The lowest BCUT2D eigenvalue weighted by Gasteiger charge is -2.16. The van der Waals surface area contributed by atoms with E-state index in [4.69, 9.17) is 0 Å². The first-order chi connectivity index (χ1) is 10.5. The Morgan fingerprint density at radius 3 is 2.14 bits per heavy atom. The summed E-state index contributed by atoms with van der Waals surface area (Å²) in [6, 6.07) is 16.3. The number of hydrogen-bond donors (Lipinski definition) is 0. The molecule has 0 spiro atoms. The molecule has 0 saturated heterocycles. The Kier molecular flexibility index (Phi) is 3.45. The fourth-order valence-electron chi connectivity index (χ4n) is 2.92. The van der Waals surface area contributed by atoms with Gasteiger partial charge in [0.15, 0.2) is 5.69 Å². The highest BCUT2D eigenvalue weighted by Gasteiger charge is 2.22. The molecule has 3 aromatic rings. The van der Waals surface area contributed by atoms with Gasteiger partial charge in [-0.2, -0.15) is 4.73 Å². The van der Waals surface area contributed by atoms with E-state index in [0.717, 1.165) is 32.2 Å². The Morgan fingerprint density at radius 1 is 0.955 bits per heavy atom. The number of hydrogen-bond acceptors (Lipinski definition) is 1. The Balaban J connectivity index is 2.50. The van der Waals surface area contributed by atoms with Crippen LogP contribution in [0.2, 0.25) is 0 Å². The average Bonchev–Trinajstić information content (AvgIpc) is 2.51. The predicted molar refractivity (Wildman–Crippen MR) is 92.5 cm³/mol. The number of aromatic nitrogens is 1. The molecule has 0 unspecified atom stereocenters. The van der Waals surface area contributed by atoms with Crippen LogP contribution in [0, 0.1) is 19.1 Å². The summed E-state index contributed by atoms with van der Waals surface area (Å²) in [5, 5.41) is 14.8. The van der Waals surface area contributed by atoms with Crippen LogP contribution in [0.4, 0.5) is 0 Å². The van der Waals surface area contributed by atoms with E-state index >= 15 is 0 Å². The molecule has 0 aliphatic rings. The van der Waals surface area contributed by atoms with Crippen molar-refractivity contribution < 1.29 is 4.73 Å². The van der Waals surface area contributed by atoms with E-state index in [1.807, 2.05) is 32.0 Å². The highest BCUT2D eigenvalue weighted by molar-refractivity contribution is 6.00. The molecule has 0 bridgehead atoms. The molecule has 0 aliphatic carbocycles. The Hall–Kier alpha value is -2.61. The van der Waals surface area contributed by atoms with Crippen LogP contribution in [0.3, 0.4) is 0 Å². The van der Waals surface area contributed by atoms with Crippen molar-refractivity contribution in [3.05, 3.63) is 77.3 Å². The number of pyridine rings is 1. The molecule has 2 heteroatoms. The Bertz CT molecular complexity index is 876. The first-order valence-corrected chi connectivity index (χ1v) is 7.38. The molecule has 0 saturated carbocycles. The van der Waals surface area contributed by atoms with Crippen LogP contribution >= 0.6 is 0 Å². The lowest BCUT2D eigenvalue weighted by Crippen LogP contribution is -2.35. The van der Waals surface area contributed by atoms with Gasteiger partial charge >= 0.3 is 0 Å². The van der Waals surface area contributed by atoms with Gasteiger partial charge in [-0.05, 0) is 25.5 Å². The van der Waals surface area contributed by atoms with Gasteiger partial charge in [0, 0.05) is 17.9 Å². The largest absolute Gasteiger partial charge is 0.618 e. The standard InChI is InChI=1S/C20H19NO/c1-13(2)20-19(16-11-9-14(3)10-12-16)18-8-6-5-7-17(18)15(4)21(20)22/h5-12H,1H2,2-4H3. The lowest BCUT2D eigenvalue weighted by atomic mass is 9.93. The van der Waals surface area contributed by atoms with Crippen LogP contribution in [0.15, 0.2) is 55.1 Å². The smallest absolute Gasteiger partial charge is 0.227 e. The van der Waals surface area contributed by atoms with Crippen molar-refractivity contribution in [1.82, 2.24) is 0 Å². The number of rotatable bonds is 2. The molecule has 2 nitrogen and oxygen atoms in total. The number of aryl methyl sites for hydroxylation is 2. The first kappa shape index (κ1) is 14.3. The topological polar surface area (TPSA) is 26.9 Å². The zero-order valence-corrected chi connectivity index (χ0v) is 13.2. The molecule has 1 heterocycles. The second-order valence-corrected chi connectivity index (χ2v) is 5.80. The Labute approximate surface area is 130 Å². The Morgan fingerprint density at radius 2 is 1.55 bits per heavy atom. The second kappa shape index (κ2) is 5.30. The van der Waals surface area contributed by atoms with E-state index < -0.39 is 0 Å². The maximum Gasteiger partial charge on any atom is 0.227 e. The summed E-state index contributed by atoms with van der Waals surface area (Å²) in [6.45, 7) is 9.82. The quantitative estimate of drug-likeness (QED) is 0.492. The summed E-state index contributed by atoms with van der Waals surface area (Å²) in [4.78, 5) is 0. The minimum atomic E-state index is 0.653. The van der Waals surface area contributed by atoms with Crippen LogP contribution in [-0.2, 0) is 0 Å². The van der Waals surface area contributed by atoms with E-state index in [2.05, 4.69) is 43.8 Å². The second-order valence-electron chi connectivity index (χ2n) is 5.80. The van der Waals surface area contributed by atoms with Crippen molar-refractivity contribution >= 4 is 16.3 Å². The summed E-state index contributed by atoms with van der Waals surface area (Å²) >= 11 is 0. The van der Waals surface area contributed by atoms with Crippen molar-refractivity contribution in [1.29, 1.82) is 0 Å². The fraction of sp³-hybridized carbons (Fsp3) is 0.150. The minimum Gasteiger partial charge on any atom is -0.618 e. The predicted octanol–water partition coefficient (Wildman–Crippen LogP) is 4.79. The molecule has 0 atom stereocenters. The van der Waals surface area contributed by atoms with Gasteiger partial charge < -0.3 is 5.21 Å². The SMILES string of the molecule is C=C(C)c1c(-c2ccc(C)cc2)c2ccccc2c(C)[n+]1[O-]. The number of allylic oxidation sites excluding steroid dienone is 1. The molecule has 0 N–H and O–H groups in total. The zero-order chi connectivity index (χ0) is 15.9. The molecular weight excluding hydrogens is 270 g/mol. The van der Waals surface area contributed by atoms with Gasteiger partial charge in [0.05, 0.1) is 10.9 Å². The van der Waals surface area contributed by atoms with Gasteiger partial charge in [-0.3, -0.25) is 0 Å². The molecule has 0 fully saturated rings. The third-order valence-electron chi connectivity index (χ3n) is 4.08. The lowest BCUT2D eigenvalue weighted by molar-refractivity contribution is -0.612. The van der Waals surface area contributed by atoms with Crippen LogP contribution in [0.1, 0.15) is 23.9 Å². The van der Waals surface area contributed by atoms with Gasteiger partial charge in [-0.1, -0.05) is 54.6 Å². The molecule has 0 amide bonds. The molecule has 0 aliphatic heterocycles. The normalized spacial score (nSPS) is 10.9. The summed E-state index contributed by atoms with van der Waals surface area (Å²) in [5.74, 6) is 0. The molecular formula is C20H19NO. The number of benzene rings is 2. The summed E-state index contributed by atoms with van der Waals surface area (Å²) in [5.41, 5.74) is 5.35. The molecule has 3 rings (SSSR count). The van der Waals surface area contributed by atoms with E-state index in [-0.39, 0.29) is 0 Å². The van der Waals surface area contributed by atoms with Crippen LogP contribution in [0.5, 0.6) is 0 Å². The van der Waals surface area contributed by atoms with Crippen LogP contribution < -0.4 is 4.73 Å². The van der Waals surface area contributed by atoms with E-state index in [1.54, 1.807) is 0 Å². The molecule has 1 aromatic heterocycles. The zero-order valence-electron chi connectivity index (χ0n) is 13.2. The van der Waals surface area contributed by atoms with Gasteiger partial charge in [0.2, 0.25) is 5.69 Å². The monoisotopic (exact) mass is 289 g/mol. The van der Waals surface area contributed by atoms with E-state index in [1.165, 1.54) is 5.56 Å². The fourth-order valence-corrected chi connectivity index (χ4v) is 2.92. The van der Waals surface area contributed by atoms with Gasteiger partial charge in [0.1, 0.15) is 0 Å². The minimum absolute atomic E-state index is 0.653. The van der Waals surface area contributed by atoms with Crippen molar-refractivity contribution in [2.75, 3.05) is 0 Å². The van der Waals surface area contributed by atoms with Crippen molar-refractivity contribution in [3.8, 4) is 11.1 Å². The highest BCUT2D eigenvalue weighted by atomic mass is 16.5. The average molecular weight is 289 g/mol. The summed E-state index contributed by atoms with van der Waals surface area (Å²) in [7, 11) is 0. The van der Waals surface area contributed by atoms with Crippen molar-refractivity contribution in [3.63, 3.8) is 0 Å². The van der Waals surface area contributed by atoms with E-state index in [9.17, 15) is 5.21 Å². The molecule has 0 radical (unpaired) electrons. The van der Waals surface area contributed by atoms with Crippen molar-refractivity contribution in [2.24, 2.45) is 0 Å². The molecule has 22 heavy (non-hydrogen) atoms. The number of nitrogens with zero attached hydrogens (tertiary/aromatic N) is 1. The van der Waals surface area contributed by atoms with Crippen molar-refractivity contribution in [2.45, 2.75) is 20.8 Å². The maximum atomic E-state index is 12.7. The van der Waals surface area contributed by atoms with E-state index in [0.29, 0.717) is 11.4 Å².